The fraction of sp³-hybridized carbons (Fsp3) is 0.400. The largest absolute Gasteiger partial charge is 0.392 e. The number of halogens is 1. The number of hydrogen-bond donors (Lipinski definition) is 2. The van der Waals surface area contributed by atoms with E-state index in [9.17, 15) is 0 Å². The molecule has 0 amide bonds. The number of benzene rings is 1. The number of hydrogen-bond acceptors (Lipinski definition) is 2. The Bertz CT molecular complexity index is 304. The Morgan fingerprint density at radius 1 is 1.46 bits per heavy atom. The SMILES string of the molecule is CC(C)(N)c1ccc(Br)cc1CO. The van der Waals surface area contributed by atoms with Crippen molar-refractivity contribution in [1.29, 1.82) is 0 Å². The second-order valence-corrected chi connectivity index (χ2v) is 4.60. The fourth-order valence-corrected chi connectivity index (χ4v) is 1.73. The highest BCUT2D eigenvalue weighted by atomic mass is 79.9. The van der Waals surface area contributed by atoms with E-state index in [1.165, 1.54) is 0 Å². The number of nitrogens with two attached hydrogens (primary N) is 1. The van der Waals surface area contributed by atoms with E-state index in [2.05, 4.69) is 15.9 Å². The van der Waals surface area contributed by atoms with Crippen LogP contribution in [-0.2, 0) is 12.1 Å². The van der Waals surface area contributed by atoms with Gasteiger partial charge in [-0.05, 0) is 37.1 Å². The van der Waals surface area contributed by atoms with Crippen molar-refractivity contribution < 1.29 is 5.11 Å². The molecule has 0 unspecified atom stereocenters. The molecule has 1 aromatic carbocycles. The molecule has 0 spiro atoms. The van der Waals surface area contributed by atoms with Crippen molar-refractivity contribution >= 4 is 15.9 Å². The summed E-state index contributed by atoms with van der Waals surface area (Å²) in [6.07, 6.45) is 0. The van der Waals surface area contributed by atoms with E-state index < -0.39 is 5.54 Å². The first kappa shape index (κ1) is 10.7. The van der Waals surface area contributed by atoms with Gasteiger partial charge >= 0.3 is 0 Å². The fourth-order valence-electron chi connectivity index (χ4n) is 1.32. The van der Waals surface area contributed by atoms with Crippen molar-refractivity contribution in [3.05, 3.63) is 33.8 Å². The lowest BCUT2D eigenvalue weighted by Gasteiger charge is -2.22. The molecule has 13 heavy (non-hydrogen) atoms. The molecule has 2 nitrogen and oxygen atoms in total. The van der Waals surface area contributed by atoms with Gasteiger partial charge in [-0.3, -0.25) is 0 Å². The third-order valence-electron chi connectivity index (χ3n) is 1.93. The van der Waals surface area contributed by atoms with Gasteiger partial charge in [0.2, 0.25) is 0 Å². The van der Waals surface area contributed by atoms with E-state index in [1.807, 2.05) is 32.0 Å². The van der Waals surface area contributed by atoms with Crippen molar-refractivity contribution in [3.63, 3.8) is 0 Å². The molecule has 0 aliphatic heterocycles. The van der Waals surface area contributed by atoms with Gasteiger partial charge in [-0.15, -0.1) is 0 Å². The molecule has 72 valence electrons. The maximum atomic E-state index is 9.13. The molecular formula is C10H14BrNO. The summed E-state index contributed by atoms with van der Waals surface area (Å²) in [5.74, 6) is 0. The lowest BCUT2D eigenvalue weighted by molar-refractivity contribution is 0.278. The van der Waals surface area contributed by atoms with Crippen molar-refractivity contribution in [2.75, 3.05) is 0 Å². The molecule has 0 aromatic heterocycles. The maximum absolute atomic E-state index is 9.13. The Balaban J connectivity index is 3.22. The van der Waals surface area contributed by atoms with Crippen molar-refractivity contribution in [3.8, 4) is 0 Å². The summed E-state index contributed by atoms with van der Waals surface area (Å²) < 4.78 is 0.963. The molecule has 0 radical (unpaired) electrons. The van der Waals surface area contributed by atoms with Crippen molar-refractivity contribution in [2.24, 2.45) is 5.73 Å². The van der Waals surface area contributed by atoms with Gasteiger partial charge in [0, 0.05) is 10.0 Å². The Morgan fingerprint density at radius 2 is 2.08 bits per heavy atom. The lowest BCUT2D eigenvalue weighted by atomic mass is 9.91. The topological polar surface area (TPSA) is 46.2 Å². The number of aliphatic hydroxyl groups excluding tert-OH is 1. The van der Waals surface area contributed by atoms with E-state index in [4.69, 9.17) is 10.8 Å². The van der Waals surface area contributed by atoms with E-state index in [0.29, 0.717) is 0 Å². The van der Waals surface area contributed by atoms with E-state index in [-0.39, 0.29) is 6.61 Å². The van der Waals surface area contributed by atoms with Crippen LogP contribution >= 0.6 is 15.9 Å². The highest BCUT2D eigenvalue weighted by molar-refractivity contribution is 9.10. The smallest absolute Gasteiger partial charge is 0.0685 e. The average Bonchev–Trinajstić information content (AvgIpc) is 2.01. The Kier molecular flexibility index (Phi) is 3.11. The first-order chi connectivity index (χ1) is 5.95. The minimum Gasteiger partial charge on any atom is -0.392 e. The summed E-state index contributed by atoms with van der Waals surface area (Å²) >= 11 is 3.35. The van der Waals surface area contributed by atoms with Crippen LogP contribution in [0.3, 0.4) is 0 Å². The zero-order chi connectivity index (χ0) is 10.1. The summed E-state index contributed by atoms with van der Waals surface area (Å²) in [4.78, 5) is 0. The molecule has 3 N–H and O–H groups in total. The highest BCUT2D eigenvalue weighted by Gasteiger charge is 2.17. The first-order valence-electron chi connectivity index (χ1n) is 4.14. The zero-order valence-electron chi connectivity index (χ0n) is 7.84. The van der Waals surface area contributed by atoms with Crippen LogP contribution in [0, 0.1) is 0 Å². The van der Waals surface area contributed by atoms with E-state index in [1.54, 1.807) is 0 Å². The van der Waals surface area contributed by atoms with Gasteiger partial charge in [0.25, 0.3) is 0 Å². The Hall–Kier alpha value is -0.380. The monoisotopic (exact) mass is 243 g/mol. The van der Waals surface area contributed by atoms with Gasteiger partial charge in [-0.1, -0.05) is 22.0 Å². The van der Waals surface area contributed by atoms with Crippen LogP contribution in [0.2, 0.25) is 0 Å². The Labute approximate surface area is 86.9 Å². The highest BCUT2D eigenvalue weighted by Crippen LogP contribution is 2.24. The summed E-state index contributed by atoms with van der Waals surface area (Å²) in [6.45, 7) is 3.88. The molecule has 3 heteroatoms. The molecule has 1 rings (SSSR count). The molecule has 1 aromatic rings. The second-order valence-electron chi connectivity index (χ2n) is 3.68. The van der Waals surface area contributed by atoms with Crippen LogP contribution in [0.15, 0.2) is 22.7 Å². The average molecular weight is 244 g/mol. The molecule has 0 aliphatic rings. The van der Waals surface area contributed by atoms with E-state index in [0.717, 1.165) is 15.6 Å². The molecule has 0 heterocycles. The van der Waals surface area contributed by atoms with Gasteiger partial charge in [0.15, 0.2) is 0 Å². The molecule has 0 aliphatic carbocycles. The first-order valence-corrected chi connectivity index (χ1v) is 4.93. The van der Waals surface area contributed by atoms with Crippen molar-refractivity contribution in [2.45, 2.75) is 26.0 Å². The second kappa shape index (κ2) is 3.78. The van der Waals surface area contributed by atoms with Gasteiger partial charge < -0.3 is 10.8 Å². The standard InChI is InChI=1S/C10H14BrNO/c1-10(2,12)9-4-3-8(11)5-7(9)6-13/h3-5,13H,6,12H2,1-2H3. The van der Waals surface area contributed by atoms with Crippen LogP contribution in [0.4, 0.5) is 0 Å². The quantitative estimate of drug-likeness (QED) is 0.837. The summed E-state index contributed by atoms with van der Waals surface area (Å²) in [7, 11) is 0. The van der Waals surface area contributed by atoms with Crippen LogP contribution < -0.4 is 5.73 Å². The summed E-state index contributed by atoms with van der Waals surface area (Å²) in [6, 6.07) is 5.77. The van der Waals surface area contributed by atoms with Crippen LogP contribution in [0.25, 0.3) is 0 Å². The lowest BCUT2D eigenvalue weighted by Crippen LogP contribution is -2.30. The Morgan fingerprint density at radius 3 is 2.54 bits per heavy atom. The predicted octanol–water partition coefficient (Wildman–Crippen LogP) is 2.14. The third-order valence-corrected chi connectivity index (χ3v) is 2.43. The van der Waals surface area contributed by atoms with Crippen LogP contribution in [0.5, 0.6) is 0 Å². The number of aliphatic hydroxyl groups is 1. The van der Waals surface area contributed by atoms with Crippen molar-refractivity contribution in [1.82, 2.24) is 0 Å². The molecule has 0 saturated heterocycles. The normalized spacial score (nSPS) is 11.8. The van der Waals surface area contributed by atoms with Gasteiger partial charge in [0.05, 0.1) is 6.61 Å². The minimum absolute atomic E-state index is 0.0232. The predicted molar refractivity (Wildman–Crippen MR) is 57.3 cm³/mol. The summed E-state index contributed by atoms with van der Waals surface area (Å²) in [5, 5.41) is 9.13. The summed E-state index contributed by atoms with van der Waals surface area (Å²) in [5.41, 5.74) is 7.41. The molecule has 0 atom stereocenters. The maximum Gasteiger partial charge on any atom is 0.0685 e. The molecular weight excluding hydrogens is 230 g/mol. The van der Waals surface area contributed by atoms with Crippen LogP contribution in [-0.4, -0.2) is 5.11 Å². The minimum atomic E-state index is -0.404. The van der Waals surface area contributed by atoms with Crippen LogP contribution in [0.1, 0.15) is 25.0 Å². The number of rotatable bonds is 2. The zero-order valence-corrected chi connectivity index (χ0v) is 9.43. The molecule has 0 bridgehead atoms. The molecule has 0 fully saturated rings. The van der Waals surface area contributed by atoms with E-state index >= 15 is 0 Å². The third kappa shape index (κ3) is 2.53. The van der Waals surface area contributed by atoms with Gasteiger partial charge in [-0.2, -0.15) is 0 Å². The van der Waals surface area contributed by atoms with Gasteiger partial charge in [0.1, 0.15) is 0 Å². The molecule has 0 saturated carbocycles. The van der Waals surface area contributed by atoms with Gasteiger partial charge in [-0.25, -0.2) is 0 Å².